The van der Waals surface area contributed by atoms with Gasteiger partial charge in [0.25, 0.3) is 0 Å². The molecule has 2 aromatic rings. The number of fused-ring (bicyclic) bond motifs is 1. The molecular formula is C15H22N4OS. The molecule has 0 saturated heterocycles. The number of likely N-dealkylation sites (N-methyl/N-ethyl adjacent to an activating group) is 1. The lowest BCUT2D eigenvalue weighted by atomic mass is 10.0. The first-order valence-electron chi connectivity index (χ1n) is 7.28. The normalized spacial score (nSPS) is 13.0. The van der Waals surface area contributed by atoms with E-state index in [0.717, 1.165) is 35.0 Å². The minimum absolute atomic E-state index is 0.00940. The fraction of sp³-hybridized carbons (Fsp3) is 0.533. The molecule has 0 aliphatic heterocycles. The van der Waals surface area contributed by atoms with Crippen molar-refractivity contribution >= 4 is 34.4 Å². The standard InChI is InChI=1S/C15H22N4OS/c1-5-19(11(4)10(2)3)9-14(20)16-12-7-6-8-13-15(12)18-21-17-13/h6-8,10-11H,5,9H2,1-4H3,(H,16,20). The van der Waals surface area contributed by atoms with E-state index in [1.165, 1.54) is 0 Å². The highest BCUT2D eigenvalue weighted by Crippen LogP contribution is 2.21. The van der Waals surface area contributed by atoms with Crippen LogP contribution >= 0.6 is 11.7 Å². The van der Waals surface area contributed by atoms with Crippen LogP contribution in [0.2, 0.25) is 0 Å². The first-order chi connectivity index (χ1) is 10.0. The monoisotopic (exact) mass is 306 g/mol. The first-order valence-corrected chi connectivity index (χ1v) is 8.01. The minimum Gasteiger partial charge on any atom is -0.323 e. The van der Waals surface area contributed by atoms with E-state index in [1.54, 1.807) is 0 Å². The molecule has 1 amide bonds. The molecule has 0 radical (unpaired) electrons. The summed E-state index contributed by atoms with van der Waals surface area (Å²) >= 11 is 1.16. The van der Waals surface area contributed by atoms with E-state index >= 15 is 0 Å². The van der Waals surface area contributed by atoms with E-state index in [1.807, 2.05) is 18.2 Å². The number of amides is 1. The van der Waals surface area contributed by atoms with Gasteiger partial charge in [-0.15, -0.1) is 0 Å². The van der Waals surface area contributed by atoms with Gasteiger partial charge in [-0.1, -0.05) is 26.8 Å². The summed E-state index contributed by atoms with van der Waals surface area (Å²) in [5.74, 6) is 0.508. The minimum atomic E-state index is -0.00940. The summed E-state index contributed by atoms with van der Waals surface area (Å²) in [7, 11) is 0. The Kier molecular flexibility index (Phi) is 5.25. The van der Waals surface area contributed by atoms with Gasteiger partial charge < -0.3 is 5.32 Å². The molecule has 0 spiro atoms. The third-order valence-electron chi connectivity index (χ3n) is 3.85. The molecule has 114 valence electrons. The number of hydrogen-bond acceptors (Lipinski definition) is 5. The lowest BCUT2D eigenvalue weighted by Gasteiger charge is -2.30. The molecule has 5 nitrogen and oxygen atoms in total. The van der Waals surface area contributed by atoms with Crippen molar-refractivity contribution in [1.82, 2.24) is 13.6 Å². The molecule has 1 heterocycles. The molecule has 0 aliphatic rings. The third-order valence-corrected chi connectivity index (χ3v) is 4.40. The van der Waals surface area contributed by atoms with Gasteiger partial charge in [0, 0.05) is 6.04 Å². The van der Waals surface area contributed by atoms with E-state index in [-0.39, 0.29) is 5.91 Å². The Morgan fingerprint density at radius 3 is 2.76 bits per heavy atom. The maximum atomic E-state index is 12.3. The smallest absolute Gasteiger partial charge is 0.238 e. The average molecular weight is 306 g/mol. The summed E-state index contributed by atoms with van der Waals surface area (Å²) in [4.78, 5) is 14.5. The van der Waals surface area contributed by atoms with Crippen LogP contribution in [0.4, 0.5) is 5.69 Å². The molecule has 2 rings (SSSR count). The van der Waals surface area contributed by atoms with Gasteiger partial charge in [-0.3, -0.25) is 9.69 Å². The van der Waals surface area contributed by atoms with Crippen molar-refractivity contribution in [2.75, 3.05) is 18.4 Å². The number of nitrogens with zero attached hydrogens (tertiary/aromatic N) is 3. The van der Waals surface area contributed by atoms with Crippen molar-refractivity contribution in [1.29, 1.82) is 0 Å². The van der Waals surface area contributed by atoms with Crippen LogP contribution in [0.1, 0.15) is 27.7 Å². The van der Waals surface area contributed by atoms with Crippen LogP contribution in [0.15, 0.2) is 18.2 Å². The fourth-order valence-electron chi connectivity index (χ4n) is 2.25. The van der Waals surface area contributed by atoms with E-state index in [4.69, 9.17) is 0 Å². The summed E-state index contributed by atoms with van der Waals surface area (Å²) in [6.45, 7) is 9.84. The van der Waals surface area contributed by atoms with E-state index in [0.29, 0.717) is 18.5 Å². The Morgan fingerprint density at radius 1 is 1.33 bits per heavy atom. The highest BCUT2D eigenvalue weighted by atomic mass is 32.1. The maximum Gasteiger partial charge on any atom is 0.238 e. The lowest BCUT2D eigenvalue weighted by molar-refractivity contribution is -0.117. The molecule has 1 aromatic carbocycles. The Hall–Kier alpha value is -1.53. The summed E-state index contributed by atoms with van der Waals surface area (Å²) in [5, 5.41) is 2.95. The number of rotatable bonds is 6. The van der Waals surface area contributed by atoms with Gasteiger partial charge in [-0.2, -0.15) is 8.75 Å². The molecule has 21 heavy (non-hydrogen) atoms. The van der Waals surface area contributed by atoms with Crippen LogP contribution in [0, 0.1) is 5.92 Å². The van der Waals surface area contributed by atoms with Gasteiger partial charge in [-0.25, -0.2) is 0 Å². The quantitative estimate of drug-likeness (QED) is 0.891. The summed E-state index contributed by atoms with van der Waals surface area (Å²) in [6.07, 6.45) is 0. The van der Waals surface area contributed by atoms with Crippen molar-refractivity contribution in [2.24, 2.45) is 5.92 Å². The number of anilines is 1. The second-order valence-electron chi connectivity index (χ2n) is 5.53. The zero-order chi connectivity index (χ0) is 15.4. The van der Waals surface area contributed by atoms with E-state index < -0.39 is 0 Å². The van der Waals surface area contributed by atoms with Crippen LogP contribution < -0.4 is 5.32 Å². The number of aromatic nitrogens is 2. The van der Waals surface area contributed by atoms with Crippen molar-refractivity contribution in [2.45, 2.75) is 33.7 Å². The van der Waals surface area contributed by atoms with Crippen LogP contribution in [-0.2, 0) is 4.79 Å². The van der Waals surface area contributed by atoms with Crippen LogP contribution in [0.3, 0.4) is 0 Å². The number of hydrogen-bond donors (Lipinski definition) is 1. The molecule has 0 aliphatic carbocycles. The molecule has 0 bridgehead atoms. The molecule has 1 N–H and O–H groups in total. The number of carbonyl (C=O) groups excluding carboxylic acids is 1. The average Bonchev–Trinajstić information content (AvgIpc) is 2.93. The summed E-state index contributed by atoms with van der Waals surface area (Å²) in [6, 6.07) is 6.02. The van der Waals surface area contributed by atoms with Gasteiger partial charge in [0.2, 0.25) is 5.91 Å². The van der Waals surface area contributed by atoms with Crippen molar-refractivity contribution in [3.8, 4) is 0 Å². The van der Waals surface area contributed by atoms with Crippen LogP contribution in [-0.4, -0.2) is 38.7 Å². The van der Waals surface area contributed by atoms with Gasteiger partial charge in [-0.05, 0) is 31.5 Å². The maximum absolute atomic E-state index is 12.3. The third kappa shape index (κ3) is 3.77. The molecule has 1 unspecified atom stereocenters. The predicted molar refractivity (Wildman–Crippen MR) is 87.6 cm³/mol. The van der Waals surface area contributed by atoms with Gasteiger partial charge in [0.05, 0.1) is 24.0 Å². The highest BCUT2D eigenvalue weighted by Gasteiger charge is 2.19. The molecule has 1 atom stereocenters. The topological polar surface area (TPSA) is 58.1 Å². The predicted octanol–water partition coefficient (Wildman–Crippen LogP) is 3.00. The summed E-state index contributed by atoms with van der Waals surface area (Å²) in [5.41, 5.74) is 2.32. The Morgan fingerprint density at radius 2 is 2.10 bits per heavy atom. The first kappa shape index (κ1) is 15.9. The molecule has 6 heteroatoms. The van der Waals surface area contributed by atoms with E-state index in [2.05, 4.69) is 46.7 Å². The number of benzene rings is 1. The van der Waals surface area contributed by atoms with Crippen molar-refractivity contribution in [3.05, 3.63) is 18.2 Å². The zero-order valence-corrected chi connectivity index (χ0v) is 13.8. The zero-order valence-electron chi connectivity index (χ0n) is 13.0. The Labute approximate surface area is 129 Å². The van der Waals surface area contributed by atoms with Gasteiger partial charge >= 0.3 is 0 Å². The van der Waals surface area contributed by atoms with Crippen molar-refractivity contribution in [3.63, 3.8) is 0 Å². The molecule has 0 fully saturated rings. The number of carbonyl (C=O) groups is 1. The Balaban J connectivity index is 2.06. The second-order valence-corrected chi connectivity index (χ2v) is 6.06. The highest BCUT2D eigenvalue weighted by molar-refractivity contribution is 7.00. The summed E-state index contributed by atoms with van der Waals surface area (Å²) < 4.78 is 8.42. The van der Waals surface area contributed by atoms with Crippen LogP contribution in [0.25, 0.3) is 11.0 Å². The van der Waals surface area contributed by atoms with Gasteiger partial charge in [0.1, 0.15) is 11.0 Å². The lowest BCUT2D eigenvalue weighted by Crippen LogP contribution is -2.41. The Bertz CT molecular complexity index is 610. The van der Waals surface area contributed by atoms with E-state index in [9.17, 15) is 4.79 Å². The fourth-order valence-corrected chi connectivity index (χ4v) is 2.80. The SMILES string of the molecule is CCN(CC(=O)Nc1cccc2nsnc12)C(C)C(C)C. The molecular weight excluding hydrogens is 284 g/mol. The second kappa shape index (κ2) is 6.95. The largest absolute Gasteiger partial charge is 0.323 e. The molecule has 1 aromatic heterocycles. The van der Waals surface area contributed by atoms with Crippen LogP contribution in [0.5, 0.6) is 0 Å². The molecule has 0 saturated carbocycles. The van der Waals surface area contributed by atoms with Gasteiger partial charge in [0.15, 0.2) is 0 Å². The van der Waals surface area contributed by atoms with Crippen molar-refractivity contribution < 1.29 is 4.79 Å². The number of nitrogens with one attached hydrogen (secondary N) is 1.